The lowest BCUT2D eigenvalue weighted by Crippen LogP contribution is -2.38. The van der Waals surface area contributed by atoms with E-state index >= 15 is 0 Å². The fraction of sp³-hybridized carbons (Fsp3) is 0.688. The number of carbonyl (C=O) groups excluding carboxylic acids is 1. The predicted molar refractivity (Wildman–Crippen MR) is 89.6 cm³/mol. The van der Waals surface area contributed by atoms with Crippen LogP contribution in [0.3, 0.4) is 0 Å². The summed E-state index contributed by atoms with van der Waals surface area (Å²) in [4.78, 5) is 15.3. The first kappa shape index (κ1) is 16.1. The minimum atomic E-state index is -0.0520. The largest absolute Gasteiger partial charge is 0.492 e. The highest BCUT2D eigenvalue weighted by Crippen LogP contribution is 2.46. The van der Waals surface area contributed by atoms with Gasteiger partial charge < -0.3 is 15.4 Å². The lowest BCUT2D eigenvalue weighted by molar-refractivity contribution is 0.0944. The number of nitrogens with zero attached hydrogens (tertiary/aromatic N) is 1. The third-order valence-electron chi connectivity index (χ3n) is 4.46. The molecule has 4 nitrogen and oxygen atoms in total. The molecule has 2 rings (SSSR count). The molecule has 1 fully saturated rings. The van der Waals surface area contributed by atoms with Crippen LogP contribution in [0.2, 0.25) is 0 Å². The molecular formula is C16H26N2O2S. The Morgan fingerprint density at radius 2 is 2.05 bits per heavy atom. The van der Waals surface area contributed by atoms with Gasteiger partial charge in [-0.2, -0.15) is 0 Å². The fourth-order valence-corrected chi connectivity index (χ4v) is 4.03. The van der Waals surface area contributed by atoms with Crippen LogP contribution in [0.5, 0.6) is 5.75 Å². The molecule has 0 bridgehead atoms. The number of rotatable bonds is 4. The lowest BCUT2D eigenvalue weighted by atomic mass is 9.89. The molecule has 1 aromatic rings. The summed E-state index contributed by atoms with van der Waals surface area (Å²) in [6, 6.07) is 0. The molecule has 1 aromatic heterocycles. The first-order valence-corrected chi connectivity index (χ1v) is 8.43. The van der Waals surface area contributed by atoms with Gasteiger partial charge in [-0.1, -0.05) is 27.7 Å². The first-order chi connectivity index (χ1) is 9.86. The van der Waals surface area contributed by atoms with Gasteiger partial charge in [0.15, 0.2) is 11.5 Å². The van der Waals surface area contributed by atoms with Crippen LogP contribution in [0, 0.1) is 17.8 Å². The van der Waals surface area contributed by atoms with Crippen molar-refractivity contribution >= 4 is 27.8 Å². The molecule has 2 atom stereocenters. The number of ketones is 1. The van der Waals surface area contributed by atoms with Crippen molar-refractivity contribution in [2.75, 3.05) is 30.8 Å². The molecule has 5 heteroatoms. The number of Topliss-reactive ketones (excluding diaryl/α,β-unsaturated/α-hetero) is 1. The minimum absolute atomic E-state index is 0.0520. The highest BCUT2D eigenvalue weighted by molar-refractivity contribution is 7.19. The number of carbonyl (C=O) groups is 1. The second kappa shape index (κ2) is 6.26. The van der Waals surface area contributed by atoms with Gasteiger partial charge >= 0.3 is 0 Å². The maximum atomic E-state index is 12.3. The van der Waals surface area contributed by atoms with Crippen molar-refractivity contribution in [3.05, 3.63) is 4.88 Å². The molecule has 1 saturated heterocycles. The number of anilines is 2. The van der Waals surface area contributed by atoms with Gasteiger partial charge in [-0.3, -0.25) is 4.79 Å². The zero-order valence-electron chi connectivity index (χ0n) is 13.6. The number of nitrogens with two attached hydrogens (primary N) is 1. The summed E-state index contributed by atoms with van der Waals surface area (Å²) in [7, 11) is 1.63. The summed E-state index contributed by atoms with van der Waals surface area (Å²) in [5.41, 5.74) is 6.66. The van der Waals surface area contributed by atoms with E-state index in [4.69, 9.17) is 10.5 Å². The molecule has 1 aliphatic heterocycles. The molecular weight excluding hydrogens is 284 g/mol. The standard InChI is InChI=1S/C16H26N2O2S/c1-9(2)13(19)15-12(17)14(20-5)16(21-15)18-7-6-10(3)11(4)8-18/h9-11H,6-8,17H2,1-5H3. The van der Waals surface area contributed by atoms with Crippen molar-refractivity contribution in [2.24, 2.45) is 17.8 Å². The van der Waals surface area contributed by atoms with Crippen LogP contribution in [0.25, 0.3) is 0 Å². The maximum absolute atomic E-state index is 12.3. The van der Waals surface area contributed by atoms with Crippen LogP contribution in [0.15, 0.2) is 0 Å². The normalized spacial score (nSPS) is 22.7. The maximum Gasteiger partial charge on any atom is 0.177 e. The Bertz CT molecular complexity index is 525. The van der Waals surface area contributed by atoms with Crippen molar-refractivity contribution in [3.8, 4) is 5.75 Å². The predicted octanol–water partition coefficient (Wildman–Crippen LogP) is 3.66. The molecule has 0 radical (unpaired) electrons. The summed E-state index contributed by atoms with van der Waals surface area (Å²) >= 11 is 1.48. The summed E-state index contributed by atoms with van der Waals surface area (Å²) < 4.78 is 5.49. The molecule has 0 amide bonds. The van der Waals surface area contributed by atoms with Crippen molar-refractivity contribution < 1.29 is 9.53 Å². The van der Waals surface area contributed by atoms with Gasteiger partial charge in [0.05, 0.1) is 17.7 Å². The average Bonchev–Trinajstić information content (AvgIpc) is 2.77. The SMILES string of the molecule is COc1c(N2CCC(C)C(C)C2)sc(C(=O)C(C)C)c1N. The monoisotopic (exact) mass is 310 g/mol. The van der Waals surface area contributed by atoms with Crippen LogP contribution < -0.4 is 15.4 Å². The van der Waals surface area contributed by atoms with Crippen molar-refractivity contribution in [2.45, 2.75) is 34.1 Å². The molecule has 118 valence electrons. The summed E-state index contributed by atoms with van der Waals surface area (Å²) in [6.45, 7) is 10.4. The molecule has 2 N–H and O–H groups in total. The summed E-state index contributed by atoms with van der Waals surface area (Å²) in [5.74, 6) is 2.09. The summed E-state index contributed by atoms with van der Waals surface area (Å²) in [6.07, 6.45) is 1.16. The number of ether oxygens (including phenoxy) is 1. The van der Waals surface area contributed by atoms with Crippen molar-refractivity contribution in [1.82, 2.24) is 0 Å². The van der Waals surface area contributed by atoms with Gasteiger partial charge in [-0.25, -0.2) is 0 Å². The first-order valence-electron chi connectivity index (χ1n) is 7.62. The smallest absolute Gasteiger partial charge is 0.177 e. The zero-order chi connectivity index (χ0) is 15.7. The van der Waals surface area contributed by atoms with Crippen LogP contribution in [-0.4, -0.2) is 26.0 Å². The second-order valence-corrected chi connectivity index (χ2v) is 7.39. The number of hydrogen-bond acceptors (Lipinski definition) is 5. The number of hydrogen-bond donors (Lipinski definition) is 1. The van der Waals surface area contributed by atoms with Crippen LogP contribution in [0.1, 0.15) is 43.8 Å². The third-order valence-corrected chi connectivity index (χ3v) is 5.72. The van der Waals surface area contributed by atoms with E-state index in [0.717, 1.165) is 30.4 Å². The number of methoxy groups -OCH3 is 1. The number of thiophene rings is 1. The van der Waals surface area contributed by atoms with Crippen LogP contribution >= 0.6 is 11.3 Å². The molecule has 21 heavy (non-hydrogen) atoms. The lowest BCUT2D eigenvalue weighted by Gasteiger charge is -2.36. The summed E-state index contributed by atoms with van der Waals surface area (Å²) in [5, 5.41) is 1.01. The van der Waals surface area contributed by atoms with E-state index in [0.29, 0.717) is 22.2 Å². The Labute approximate surface area is 131 Å². The van der Waals surface area contributed by atoms with Crippen LogP contribution in [0.4, 0.5) is 10.7 Å². The second-order valence-electron chi connectivity index (χ2n) is 6.39. The quantitative estimate of drug-likeness (QED) is 0.862. The van der Waals surface area contributed by atoms with Gasteiger partial charge in [0.1, 0.15) is 5.00 Å². The molecule has 2 unspecified atom stereocenters. The van der Waals surface area contributed by atoms with E-state index in [-0.39, 0.29) is 11.7 Å². The number of nitrogen functional groups attached to an aromatic ring is 1. The molecule has 1 aliphatic rings. The van der Waals surface area contributed by atoms with Crippen molar-refractivity contribution in [1.29, 1.82) is 0 Å². The molecule has 0 aliphatic carbocycles. The Morgan fingerprint density at radius 1 is 1.38 bits per heavy atom. The van der Waals surface area contributed by atoms with Gasteiger partial charge in [0, 0.05) is 19.0 Å². The van der Waals surface area contributed by atoms with Crippen molar-refractivity contribution in [3.63, 3.8) is 0 Å². The van der Waals surface area contributed by atoms with Gasteiger partial charge in [0.25, 0.3) is 0 Å². The van der Waals surface area contributed by atoms with E-state index in [1.807, 2.05) is 13.8 Å². The topological polar surface area (TPSA) is 55.6 Å². The highest BCUT2D eigenvalue weighted by atomic mass is 32.1. The van der Waals surface area contributed by atoms with E-state index in [1.54, 1.807) is 7.11 Å². The molecule has 0 aromatic carbocycles. The van der Waals surface area contributed by atoms with E-state index in [1.165, 1.54) is 11.3 Å². The van der Waals surface area contributed by atoms with Crippen LogP contribution in [-0.2, 0) is 0 Å². The van der Waals surface area contributed by atoms with Gasteiger partial charge in [-0.05, 0) is 18.3 Å². The van der Waals surface area contributed by atoms with E-state index in [9.17, 15) is 4.79 Å². The molecule has 2 heterocycles. The Balaban J connectivity index is 2.35. The average molecular weight is 310 g/mol. The van der Waals surface area contributed by atoms with Gasteiger partial charge in [-0.15, -0.1) is 11.3 Å². The third kappa shape index (κ3) is 3.03. The Kier molecular flexibility index (Phi) is 4.81. The van der Waals surface area contributed by atoms with E-state index < -0.39 is 0 Å². The highest BCUT2D eigenvalue weighted by Gasteiger charge is 2.30. The minimum Gasteiger partial charge on any atom is -0.492 e. The molecule has 0 spiro atoms. The van der Waals surface area contributed by atoms with Gasteiger partial charge in [0.2, 0.25) is 0 Å². The molecule has 0 saturated carbocycles. The zero-order valence-corrected chi connectivity index (χ0v) is 14.4. The Hall–Kier alpha value is -1.23. The Morgan fingerprint density at radius 3 is 2.57 bits per heavy atom. The fourth-order valence-electron chi connectivity index (χ4n) is 2.71. The van der Waals surface area contributed by atoms with E-state index in [2.05, 4.69) is 18.7 Å². The number of piperidine rings is 1.